The molecule has 0 saturated carbocycles. The molecule has 0 amide bonds. The molecule has 0 N–H and O–H groups in total. The van der Waals surface area contributed by atoms with Gasteiger partial charge in [-0.15, -0.1) is 0 Å². The first-order valence-corrected chi connectivity index (χ1v) is 5.09. The van der Waals surface area contributed by atoms with Gasteiger partial charge >= 0.3 is 17.1 Å². The summed E-state index contributed by atoms with van der Waals surface area (Å²) in [4.78, 5) is 36.9. The zero-order valence-electron chi connectivity index (χ0n) is 3.72. The van der Waals surface area contributed by atoms with Crippen molar-refractivity contribution in [1.29, 1.82) is 0 Å². The third kappa shape index (κ3) is 4.25. The van der Waals surface area contributed by atoms with Gasteiger partial charge in [-0.25, -0.2) is 0 Å². The van der Waals surface area contributed by atoms with Gasteiger partial charge in [0.1, 0.15) is 0 Å². The normalized spacial score (nSPS) is 12.4. The summed E-state index contributed by atoms with van der Waals surface area (Å²) in [6.45, 7) is 0. The van der Waals surface area contributed by atoms with E-state index in [0.717, 1.165) is 0 Å². The molecule has 0 aromatic heterocycles. The van der Waals surface area contributed by atoms with Crippen LogP contribution in [0, 0.1) is 0 Å². The molecule has 0 aliphatic carbocycles. The number of hydrogen-bond donors (Lipinski definition) is 0. The van der Waals surface area contributed by atoms with Gasteiger partial charge in [-0.05, 0) is 14.6 Å². The summed E-state index contributed by atoms with van der Waals surface area (Å²) in [6, 6.07) is 0. The van der Waals surface area contributed by atoms with Gasteiger partial charge in [0.15, 0.2) is 0 Å². The van der Waals surface area contributed by atoms with Crippen LogP contribution in [0.4, 0.5) is 0 Å². The molecule has 0 rings (SSSR count). The van der Waals surface area contributed by atoms with Crippen molar-refractivity contribution >= 4 is 14.6 Å². The van der Waals surface area contributed by atoms with Crippen LogP contribution in [0.1, 0.15) is 0 Å². The molecule has 0 heterocycles. The van der Waals surface area contributed by atoms with Gasteiger partial charge < -0.3 is 28.7 Å². The monoisotopic (exact) mass is 213 g/mol. The van der Waals surface area contributed by atoms with E-state index < -0.39 is 14.6 Å². The Morgan fingerprint density at radius 3 is 0.889 bits per heavy atom. The second kappa shape index (κ2) is 3.28. The van der Waals surface area contributed by atoms with Crippen molar-refractivity contribution in [3.8, 4) is 0 Å². The van der Waals surface area contributed by atoms with Gasteiger partial charge in [-0.2, -0.15) is 0 Å². The molecule has 0 atom stereocenters. The van der Waals surface area contributed by atoms with Gasteiger partial charge in [0, 0.05) is 0 Å². The maximum Gasteiger partial charge on any atom is 4.00 e. The summed E-state index contributed by atoms with van der Waals surface area (Å²) < 4.78 is 18.5. The zero-order chi connectivity index (χ0) is 7.00. The van der Waals surface area contributed by atoms with Crippen molar-refractivity contribution in [1.82, 2.24) is 0 Å². The van der Waals surface area contributed by atoms with Crippen molar-refractivity contribution in [2.45, 2.75) is 0 Å². The van der Waals surface area contributed by atoms with Gasteiger partial charge in [0.2, 0.25) is 0 Å². The minimum atomic E-state index is -5.91. The molecule has 0 spiro atoms. The molecule has 0 unspecified atom stereocenters. The Hall–Kier alpha value is 0.819. The van der Waals surface area contributed by atoms with E-state index >= 15 is 0 Å². The van der Waals surface area contributed by atoms with Crippen LogP contribution in [0.5, 0.6) is 0 Å². The summed E-state index contributed by atoms with van der Waals surface area (Å²) in [5, 5.41) is 0. The molecule has 0 bridgehead atoms. The van der Waals surface area contributed by atoms with Gasteiger partial charge in [-0.3, -0.25) is 0 Å². The van der Waals surface area contributed by atoms with Crippen LogP contribution in [0.15, 0.2) is 0 Å². The molecular weight excluding hydrogens is 213 g/mol. The molecule has 0 saturated heterocycles. The van der Waals surface area contributed by atoms with E-state index in [-0.39, 0.29) is 17.1 Å². The van der Waals surface area contributed by atoms with Crippen LogP contribution in [0.25, 0.3) is 0 Å². The Labute approximate surface area is 61.0 Å². The van der Waals surface area contributed by atoms with E-state index in [1.165, 1.54) is 0 Å². The van der Waals surface area contributed by atoms with Gasteiger partial charge in [-0.1, -0.05) is 0 Å². The Morgan fingerprint density at radius 2 is 0.889 bits per heavy atom. The molecule has 1 radical (unpaired) electrons. The van der Waals surface area contributed by atoms with Crippen LogP contribution >= 0.6 is 14.6 Å². The van der Waals surface area contributed by atoms with Crippen molar-refractivity contribution in [3.63, 3.8) is 0 Å². The summed E-state index contributed by atoms with van der Waals surface area (Å²) >= 11 is 0. The fourth-order valence-corrected chi connectivity index (χ4v) is 0. The molecular formula is MnO6P2. The Balaban J connectivity index is 0. The molecule has 0 aromatic carbocycles. The Kier molecular flexibility index (Phi) is 4.55. The van der Waals surface area contributed by atoms with Crippen molar-refractivity contribution in [2.24, 2.45) is 0 Å². The van der Waals surface area contributed by atoms with Gasteiger partial charge in [0.25, 0.3) is 0 Å². The van der Waals surface area contributed by atoms with Crippen molar-refractivity contribution in [2.75, 3.05) is 0 Å². The maximum atomic E-state index is 9.24. The minimum Gasteiger partial charge on any atom is -0.807 e. The minimum absolute atomic E-state index is 0. The molecule has 0 aliphatic rings. The first-order valence-electron chi connectivity index (χ1n) is 1.30. The van der Waals surface area contributed by atoms with E-state index in [0.29, 0.717) is 0 Å². The second-order valence-electron chi connectivity index (χ2n) is 0.937. The fourth-order valence-electron chi connectivity index (χ4n) is 0. The standard InChI is InChI=1S/Mn.H4O6P2/c;1-7(2,3)8(4,5)6/h;(H2,1,2,3)(H2,4,5,6)/q+4;/p-4. The molecule has 53 valence electrons. The Morgan fingerprint density at radius 1 is 0.778 bits per heavy atom. The van der Waals surface area contributed by atoms with Gasteiger partial charge in [0.05, 0.1) is 0 Å². The summed E-state index contributed by atoms with van der Waals surface area (Å²) in [6.07, 6.45) is 0. The molecule has 9 heteroatoms. The molecule has 0 fully saturated rings. The second-order valence-corrected chi connectivity index (χ2v) is 5.75. The number of hydrogen-bond acceptors (Lipinski definition) is 6. The average molecular weight is 213 g/mol. The maximum absolute atomic E-state index is 9.24. The Bertz CT molecular complexity index is 140. The first-order chi connectivity index (χ1) is 3.25. The molecule has 0 aliphatic heterocycles. The summed E-state index contributed by atoms with van der Waals surface area (Å²) in [7, 11) is -11.8. The van der Waals surface area contributed by atoms with E-state index in [1.54, 1.807) is 0 Å². The number of rotatable bonds is 1. The quantitative estimate of drug-likeness (QED) is 0.332. The van der Waals surface area contributed by atoms with E-state index in [4.69, 9.17) is 0 Å². The van der Waals surface area contributed by atoms with Crippen LogP contribution in [0.2, 0.25) is 0 Å². The summed E-state index contributed by atoms with van der Waals surface area (Å²) in [5.74, 6) is 0. The predicted molar refractivity (Wildman–Crippen MR) is 15.2 cm³/mol. The zero-order valence-corrected chi connectivity index (χ0v) is 6.69. The largest absolute Gasteiger partial charge is 4.00 e. The third-order valence-corrected chi connectivity index (χ3v) is 2.70. The van der Waals surface area contributed by atoms with E-state index in [2.05, 4.69) is 0 Å². The smallest absolute Gasteiger partial charge is 0.807 e. The molecule has 0 aromatic rings. The van der Waals surface area contributed by atoms with E-state index in [1.807, 2.05) is 0 Å². The predicted octanol–water partition coefficient (Wildman–Crippen LogP) is -3.27. The van der Waals surface area contributed by atoms with Crippen molar-refractivity contribution < 1.29 is 45.8 Å². The van der Waals surface area contributed by atoms with Crippen LogP contribution in [-0.4, -0.2) is 0 Å². The van der Waals surface area contributed by atoms with Crippen molar-refractivity contribution in [3.05, 3.63) is 0 Å². The first kappa shape index (κ1) is 12.5. The third-order valence-electron chi connectivity index (χ3n) is 0.300. The van der Waals surface area contributed by atoms with Crippen LogP contribution < -0.4 is 19.6 Å². The van der Waals surface area contributed by atoms with Crippen LogP contribution in [-0.2, 0) is 26.2 Å². The molecule has 9 heavy (non-hydrogen) atoms. The fraction of sp³-hybridized carbons (Fsp3) is 0. The average Bonchev–Trinajstić information content (AvgIpc) is 1.25. The topological polar surface area (TPSA) is 126 Å². The van der Waals surface area contributed by atoms with E-state index in [9.17, 15) is 28.7 Å². The van der Waals surface area contributed by atoms with Crippen LogP contribution in [0.3, 0.4) is 0 Å². The molecule has 6 nitrogen and oxygen atoms in total. The summed E-state index contributed by atoms with van der Waals surface area (Å²) in [5.41, 5.74) is 0. The SMILES string of the molecule is O=P([O-])([O-])P(=O)([O-])[O-].[Mn+4].